The first-order valence-corrected chi connectivity index (χ1v) is 7.44. The Morgan fingerprint density at radius 3 is 2.88 bits per heavy atom. The van der Waals surface area contributed by atoms with E-state index in [9.17, 15) is 9.90 Å². The standard InChI is InChI=1S/C11H10BrNO2S2/c12-7-4-9(17-6-7)10(11(14)15)13-5-8-2-1-3-16-8/h1-4,6,10,13H,5H2,(H,14,15). The minimum Gasteiger partial charge on any atom is -0.480 e. The number of carboxylic acid groups (broad SMARTS) is 1. The fourth-order valence-corrected chi connectivity index (χ4v) is 3.57. The number of halogens is 1. The fourth-order valence-electron chi connectivity index (χ4n) is 1.41. The highest BCUT2D eigenvalue weighted by Crippen LogP contribution is 2.26. The molecule has 0 aliphatic rings. The lowest BCUT2D eigenvalue weighted by Crippen LogP contribution is -2.27. The van der Waals surface area contributed by atoms with E-state index in [0.29, 0.717) is 6.54 Å². The molecule has 0 bridgehead atoms. The van der Waals surface area contributed by atoms with Gasteiger partial charge in [0.05, 0.1) is 0 Å². The molecule has 0 aromatic carbocycles. The van der Waals surface area contributed by atoms with Crippen molar-refractivity contribution in [3.05, 3.63) is 43.2 Å². The van der Waals surface area contributed by atoms with E-state index in [1.165, 1.54) is 11.3 Å². The number of thiophene rings is 2. The Morgan fingerprint density at radius 2 is 2.35 bits per heavy atom. The Hall–Kier alpha value is -0.690. The van der Waals surface area contributed by atoms with Crippen LogP contribution in [0.2, 0.25) is 0 Å². The fraction of sp³-hybridized carbons (Fsp3) is 0.182. The van der Waals surface area contributed by atoms with Crippen molar-refractivity contribution in [2.24, 2.45) is 0 Å². The Labute approximate surface area is 115 Å². The van der Waals surface area contributed by atoms with Gasteiger partial charge in [-0.05, 0) is 33.4 Å². The van der Waals surface area contributed by atoms with Crippen LogP contribution in [0.5, 0.6) is 0 Å². The summed E-state index contributed by atoms with van der Waals surface area (Å²) in [6.45, 7) is 0.574. The molecule has 0 aliphatic carbocycles. The van der Waals surface area contributed by atoms with E-state index in [1.54, 1.807) is 11.3 Å². The minimum absolute atomic E-state index is 0.574. The second-order valence-electron chi connectivity index (χ2n) is 3.40. The molecule has 3 nitrogen and oxygen atoms in total. The van der Waals surface area contributed by atoms with Crippen LogP contribution in [-0.2, 0) is 11.3 Å². The van der Waals surface area contributed by atoms with Crippen molar-refractivity contribution in [2.75, 3.05) is 0 Å². The molecule has 1 atom stereocenters. The average molecular weight is 332 g/mol. The Bertz CT molecular complexity index is 495. The molecule has 90 valence electrons. The van der Waals surface area contributed by atoms with Crippen molar-refractivity contribution in [2.45, 2.75) is 12.6 Å². The second-order valence-corrected chi connectivity index (χ2v) is 6.29. The average Bonchev–Trinajstić information content (AvgIpc) is 2.90. The zero-order valence-corrected chi connectivity index (χ0v) is 11.9. The third-order valence-electron chi connectivity index (χ3n) is 2.18. The van der Waals surface area contributed by atoms with E-state index < -0.39 is 12.0 Å². The molecular formula is C11H10BrNO2S2. The molecule has 2 aromatic rings. The van der Waals surface area contributed by atoms with Gasteiger partial charge < -0.3 is 5.11 Å². The number of aliphatic carboxylic acids is 1. The van der Waals surface area contributed by atoms with Crippen LogP contribution in [0.25, 0.3) is 0 Å². The van der Waals surface area contributed by atoms with E-state index in [0.717, 1.165) is 14.2 Å². The SMILES string of the molecule is O=C(O)C(NCc1cccs1)c1cc(Br)cs1. The third kappa shape index (κ3) is 3.38. The topological polar surface area (TPSA) is 49.3 Å². The summed E-state index contributed by atoms with van der Waals surface area (Å²) in [7, 11) is 0. The van der Waals surface area contributed by atoms with Gasteiger partial charge in [-0.3, -0.25) is 10.1 Å². The van der Waals surface area contributed by atoms with Crippen LogP contribution in [0, 0.1) is 0 Å². The number of carboxylic acids is 1. The number of hydrogen-bond acceptors (Lipinski definition) is 4. The number of hydrogen-bond donors (Lipinski definition) is 2. The van der Waals surface area contributed by atoms with Gasteiger partial charge in [-0.1, -0.05) is 6.07 Å². The van der Waals surface area contributed by atoms with Gasteiger partial charge in [0.25, 0.3) is 0 Å². The molecule has 1 unspecified atom stereocenters. The highest BCUT2D eigenvalue weighted by molar-refractivity contribution is 9.10. The Balaban J connectivity index is 2.05. The first-order valence-electron chi connectivity index (χ1n) is 4.89. The molecule has 2 heterocycles. The van der Waals surface area contributed by atoms with E-state index in [1.807, 2.05) is 29.0 Å². The molecule has 2 rings (SSSR count). The first-order chi connectivity index (χ1) is 8.16. The predicted molar refractivity (Wildman–Crippen MR) is 73.6 cm³/mol. The van der Waals surface area contributed by atoms with Crippen molar-refractivity contribution in [1.29, 1.82) is 0 Å². The van der Waals surface area contributed by atoms with Gasteiger partial charge in [0, 0.05) is 26.2 Å². The lowest BCUT2D eigenvalue weighted by atomic mass is 10.2. The monoisotopic (exact) mass is 331 g/mol. The third-order valence-corrected chi connectivity index (χ3v) is 4.81. The van der Waals surface area contributed by atoms with Crippen molar-refractivity contribution in [3.63, 3.8) is 0 Å². The summed E-state index contributed by atoms with van der Waals surface area (Å²) in [6.07, 6.45) is 0. The number of rotatable bonds is 5. The normalized spacial score (nSPS) is 12.5. The quantitative estimate of drug-likeness (QED) is 0.881. The van der Waals surface area contributed by atoms with Crippen molar-refractivity contribution < 1.29 is 9.90 Å². The maximum atomic E-state index is 11.2. The molecule has 0 fully saturated rings. The first kappa shape index (κ1) is 12.8. The summed E-state index contributed by atoms with van der Waals surface area (Å²) in [5, 5.41) is 16.1. The zero-order valence-electron chi connectivity index (χ0n) is 8.72. The van der Waals surface area contributed by atoms with Gasteiger partial charge in [-0.2, -0.15) is 0 Å². The Kier molecular flexibility index (Phi) is 4.33. The zero-order chi connectivity index (χ0) is 12.3. The van der Waals surface area contributed by atoms with Crippen LogP contribution in [0.3, 0.4) is 0 Å². The minimum atomic E-state index is -0.851. The summed E-state index contributed by atoms with van der Waals surface area (Å²) in [5.74, 6) is -0.851. The summed E-state index contributed by atoms with van der Waals surface area (Å²) in [5.41, 5.74) is 0. The van der Waals surface area contributed by atoms with Crippen molar-refractivity contribution in [1.82, 2.24) is 5.32 Å². The predicted octanol–water partition coefficient (Wildman–Crippen LogP) is 3.49. The van der Waals surface area contributed by atoms with Gasteiger partial charge in [-0.15, -0.1) is 22.7 Å². The van der Waals surface area contributed by atoms with Crippen LogP contribution < -0.4 is 5.32 Å². The molecule has 17 heavy (non-hydrogen) atoms. The molecule has 0 amide bonds. The van der Waals surface area contributed by atoms with Gasteiger partial charge in [0.15, 0.2) is 0 Å². The summed E-state index contributed by atoms with van der Waals surface area (Å²) in [4.78, 5) is 13.1. The second kappa shape index (κ2) is 5.77. The maximum Gasteiger partial charge on any atom is 0.326 e. The van der Waals surface area contributed by atoms with Crippen LogP contribution in [0.1, 0.15) is 15.8 Å². The molecule has 6 heteroatoms. The van der Waals surface area contributed by atoms with Crippen LogP contribution in [0.15, 0.2) is 33.4 Å². The van der Waals surface area contributed by atoms with Crippen LogP contribution >= 0.6 is 38.6 Å². The number of nitrogens with one attached hydrogen (secondary N) is 1. The van der Waals surface area contributed by atoms with Gasteiger partial charge in [0.2, 0.25) is 0 Å². The van der Waals surface area contributed by atoms with E-state index in [4.69, 9.17) is 0 Å². The molecule has 0 spiro atoms. The summed E-state index contributed by atoms with van der Waals surface area (Å²) >= 11 is 6.38. The molecule has 0 aliphatic heterocycles. The van der Waals surface area contributed by atoms with Gasteiger partial charge in [0.1, 0.15) is 6.04 Å². The molecular weight excluding hydrogens is 322 g/mol. The molecule has 2 N–H and O–H groups in total. The van der Waals surface area contributed by atoms with E-state index in [-0.39, 0.29) is 0 Å². The summed E-state index contributed by atoms with van der Waals surface area (Å²) in [6, 6.07) is 5.14. The maximum absolute atomic E-state index is 11.2. The highest BCUT2D eigenvalue weighted by atomic mass is 79.9. The highest BCUT2D eigenvalue weighted by Gasteiger charge is 2.20. The molecule has 0 saturated carbocycles. The molecule has 0 saturated heterocycles. The Morgan fingerprint density at radius 1 is 1.53 bits per heavy atom. The van der Waals surface area contributed by atoms with Crippen LogP contribution in [-0.4, -0.2) is 11.1 Å². The molecule has 0 radical (unpaired) electrons. The van der Waals surface area contributed by atoms with Crippen molar-refractivity contribution in [3.8, 4) is 0 Å². The smallest absolute Gasteiger partial charge is 0.326 e. The number of carbonyl (C=O) groups is 1. The summed E-state index contributed by atoms with van der Waals surface area (Å²) < 4.78 is 0.918. The largest absolute Gasteiger partial charge is 0.480 e. The van der Waals surface area contributed by atoms with Crippen LogP contribution in [0.4, 0.5) is 0 Å². The van der Waals surface area contributed by atoms with E-state index >= 15 is 0 Å². The lowest BCUT2D eigenvalue weighted by Gasteiger charge is -2.11. The van der Waals surface area contributed by atoms with Gasteiger partial charge in [-0.25, -0.2) is 0 Å². The molecule has 2 aromatic heterocycles. The van der Waals surface area contributed by atoms with Crippen molar-refractivity contribution >= 4 is 44.6 Å². The van der Waals surface area contributed by atoms with Gasteiger partial charge >= 0.3 is 5.97 Å². The lowest BCUT2D eigenvalue weighted by molar-refractivity contribution is -0.139. The van der Waals surface area contributed by atoms with E-state index in [2.05, 4.69) is 21.2 Å².